The molecule has 0 fully saturated rings. The quantitative estimate of drug-likeness (QED) is 0.583. The number of amides is 3. The minimum atomic E-state index is -1.10. The van der Waals surface area contributed by atoms with Crippen molar-refractivity contribution in [1.82, 2.24) is 15.1 Å². The summed E-state index contributed by atoms with van der Waals surface area (Å²) in [5.74, 6) is -1.33. The number of carboxylic acid groups (broad SMARTS) is 1. The number of ether oxygens (including phenoxy) is 1. The molecule has 0 aromatic carbocycles. The van der Waals surface area contributed by atoms with E-state index in [1.165, 1.54) is 16.9 Å². The number of nitrogens with one attached hydrogen (secondary N) is 1. The van der Waals surface area contributed by atoms with Crippen molar-refractivity contribution in [2.45, 2.75) is 25.8 Å². The van der Waals surface area contributed by atoms with Gasteiger partial charge in [-0.05, 0) is 19.8 Å². The highest BCUT2D eigenvalue weighted by molar-refractivity contribution is 5.86. The number of hydrogen-bond acceptors (Lipinski definition) is 4. The minimum Gasteiger partial charge on any atom is -0.480 e. The summed E-state index contributed by atoms with van der Waals surface area (Å²) in [6, 6.07) is -1.55. The summed E-state index contributed by atoms with van der Waals surface area (Å²) in [7, 11) is 4.72. The van der Waals surface area contributed by atoms with Crippen LogP contribution in [-0.2, 0) is 14.3 Å². The van der Waals surface area contributed by atoms with Crippen LogP contribution >= 0.6 is 0 Å². The first-order chi connectivity index (χ1) is 9.83. The monoisotopic (exact) mass is 303 g/mol. The topological polar surface area (TPSA) is 99.2 Å². The van der Waals surface area contributed by atoms with E-state index >= 15 is 0 Å². The van der Waals surface area contributed by atoms with Crippen molar-refractivity contribution in [1.29, 1.82) is 0 Å². The highest BCUT2D eigenvalue weighted by atomic mass is 16.5. The number of hydrogen-bond donors (Lipinski definition) is 2. The summed E-state index contributed by atoms with van der Waals surface area (Å²) in [5.41, 5.74) is 0. The zero-order chi connectivity index (χ0) is 16.4. The molecule has 3 amide bonds. The summed E-state index contributed by atoms with van der Waals surface area (Å²) in [6.07, 6.45) is 0.796. The molecular weight excluding hydrogens is 278 g/mol. The standard InChI is InChI=1S/C13H25N3O5/c1-5-16(9-11(17)15(2)3)13(20)14-10(12(18)19)7-6-8-21-4/h10H,5-9H2,1-4H3,(H,14,20)(H,18,19). The first-order valence-electron chi connectivity index (χ1n) is 6.80. The maximum atomic E-state index is 12.0. The predicted molar refractivity (Wildman–Crippen MR) is 77.0 cm³/mol. The van der Waals surface area contributed by atoms with E-state index in [4.69, 9.17) is 9.84 Å². The Balaban J connectivity index is 4.55. The lowest BCUT2D eigenvalue weighted by atomic mass is 10.1. The normalized spacial score (nSPS) is 11.6. The van der Waals surface area contributed by atoms with Gasteiger partial charge in [-0.3, -0.25) is 4.79 Å². The minimum absolute atomic E-state index is 0.0836. The molecule has 0 aromatic rings. The molecule has 1 unspecified atom stereocenters. The van der Waals surface area contributed by atoms with Crippen molar-refractivity contribution in [2.75, 3.05) is 40.9 Å². The summed E-state index contributed by atoms with van der Waals surface area (Å²) in [5, 5.41) is 11.5. The fourth-order valence-electron chi connectivity index (χ4n) is 1.56. The maximum Gasteiger partial charge on any atom is 0.326 e. The molecular formula is C13H25N3O5. The van der Waals surface area contributed by atoms with Crippen LogP contribution in [-0.4, -0.2) is 79.8 Å². The predicted octanol–water partition coefficient (Wildman–Crippen LogP) is -0.0141. The second-order valence-electron chi connectivity index (χ2n) is 4.78. The average molecular weight is 303 g/mol. The van der Waals surface area contributed by atoms with Crippen LogP contribution in [0.25, 0.3) is 0 Å². The molecule has 0 spiro atoms. The Morgan fingerprint density at radius 3 is 2.33 bits per heavy atom. The number of rotatable bonds is 9. The summed E-state index contributed by atoms with van der Waals surface area (Å²) in [6.45, 7) is 2.38. The van der Waals surface area contributed by atoms with Gasteiger partial charge in [-0.25, -0.2) is 9.59 Å². The summed E-state index contributed by atoms with van der Waals surface area (Å²) < 4.78 is 4.86. The molecule has 1 atom stereocenters. The highest BCUT2D eigenvalue weighted by Crippen LogP contribution is 2.01. The van der Waals surface area contributed by atoms with Crippen LogP contribution in [0, 0.1) is 0 Å². The second-order valence-corrected chi connectivity index (χ2v) is 4.78. The Hall–Kier alpha value is -1.83. The van der Waals surface area contributed by atoms with Crippen molar-refractivity contribution in [3.8, 4) is 0 Å². The zero-order valence-electron chi connectivity index (χ0n) is 13.1. The van der Waals surface area contributed by atoms with Gasteiger partial charge in [-0.2, -0.15) is 0 Å². The second kappa shape index (κ2) is 9.98. The number of aliphatic carboxylic acids is 1. The molecule has 0 saturated heterocycles. The molecule has 0 aliphatic heterocycles. The third-order valence-electron chi connectivity index (χ3n) is 2.93. The Labute approximate surface area is 125 Å². The Bertz CT molecular complexity index is 360. The highest BCUT2D eigenvalue weighted by Gasteiger charge is 2.23. The van der Waals surface area contributed by atoms with Gasteiger partial charge < -0.3 is 25.0 Å². The lowest BCUT2D eigenvalue weighted by molar-refractivity contribution is -0.139. The number of nitrogens with zero attached hydrogens (tertiary/aromatic N) is 2. The van der Waals surface area contributed by atoms with E-state index < -0.39 is 18.0 Å². The largest absolute Gasteiger partial charge is 0.480 e. The van der Waals surface area contributed by atoms with Gasteiger partial charge in [0.25, 0.3) is 0 Å². The van der Waals surface area contributed by atoms with E-state index in [2.05, 4.69) is 5.32 Å². The van der Waals surface area contributed by atoms with Crippen LogP contribution in [0.1, 0.15) is 19.8 Å². The average Bonchev–Trinajstić information content (AvgIpc) is 2.42. The molecule has 21 heavy (non-hydrogen) atoms. The van der Waals surface area contributed by atoms with Gasteiger partial charge in [0, 0.05) is 34.4 Å². The van der Waals surface area contributed by atoms with E-state index in [9.17, 15) is 14.4 Å². The first kappa shape index (κ1) is 19.2. The fraction of sp³-hybridized carbons (Fsp3) is 0.769. The van der Waals surface area contributed by atoms with Crippen molar-refractivity contribution < 1.29 is 24.2 Å². The van der Waals surface area contributed by atoms with E-state index in [0.29, 0.717) is 19.6 Å². The number of urea groups is 1. The zero-order valence-corrected chi connectivity index (χ0v) is 13.1. The Morgan fingerprint density at radius 1 is 1.29 bits per heavy atom. The third kappa shape index (κ3) is 7.50. The Kier molecular flexibility index (Phi) is 9.11. The lowest BCUT2D eigenvalue weighted by Gasteiger charge is -2.24. The lowest BCUT2D eigenvalue weighted by Crippen LogP contribution is -2.50. The van der Waals surface area contributed by atoms with Gasteiger partial charge >= 0.3 is 12.0 Å². The number of carbonyl (C=O) groups is 3. The molecule has 0 heterocycles. The number of carboxylic acids is 1. The number of methoxy groups -OCH3 is 1. The van der Waals surface area contributed by atoms with Crippen LogP contribution in [0.5, 0.6) is 0 Å². The molecule has 0 rings (SSSR count). The SMILES string of the molecule is CCN(CC(=O)N(C)C)C(=O)NC(CCCOC)C(=O)O. The van der Waals surface area contributed by atoms with Crippen molar-refractivity contribution in [2.24, 2.45) is 0 Å². The smallest absolute Gasteiger partial charge is 0.326 e. The van der Waals surface area contributed by atoms with E-state index in [1.54, 1.807) is 21.0 Å². The molecule has 8 nitrogen and oxygen atoms in total. The van der Waals surface area contributed by atoms with Gasteiger partial charge in [0.2, 0.25) is 5.91 Å². The Morgan fingerprint density at radius 2 is 1.90 bits per heavy atom. The third-order valence-corrected chi connectivity index (χ3v) is 2.93. The molecule has 0 aliphatic rings. The van der Waals surface area contributed by atoms with Gasteiger partial charge in [-0.15, -0.1) is 0 Å². The molecule has 122 valence electrons. The van der Waals surface area contributed by atoms with E-state index in [0.717, 1.165) is 0 Å². The first-order valence-corrected chi connectivity index (χ1v) is 6.80. The molecule has 0 bridgehead atoms. The van der Waals surface area contributed by atoms with E-state index in [1.807, 2.05) is 0 Å². The number of carbonyl (C=O) groups excluding carboxylic acids is 2. The van der Waals surface area contributed by atoms with Gasteiger partial charge in [0.05, 0.1) is 0 Å². The maximum absolute atomic E-state index is 12.0. The van der Waals surface area contributed by atoms with Crippen molar-refractivity contribution in [3.63, 3.8) is 0 Å². The van der Waals surface area contributed by atoms with Crippen LogP contribution in [0.15, 0.2) is 0 Å². The molecule has 0 saturated carbocycles. The van der Waals surface area contributed by atoms with Crippen LogP contribution in [0.2, 0.25) is 0 Å². The van der Waals surface area contributed by atoms with Gasteiger partial charge in [-0.1, -0.05) is 0 Å². The number of likely N-dealkylation sites (N-methyl/N-ethyl adjacent to an activating group) is 2. The molecule has 0 aromatic heterocycles. The van der Waals surface area contributed by atoms with Gasteiger partial charge in [0.15, 0.2) is 0 Å². The van der Waals surface area contributed by atoms with Crippen molar-refractivity contribution in [3.05, 3.63) is 0 Å². The molecule has 0 radical (unpaired) electrons. The van der Waals surface area contributed by atoms with E-state index in [-0.39, 0.29) is 18.9 Å². The fourth-order valence-corrected chi connectivity index (χ4v) is 1.56. The van der Waals surface area contributed by atoms with Crippen LogP contribution in [0.4, 0.5) is 4.79 Å². The molecule has 0 aliphatic carbocycles. The van der Waals surface area contributed by atoms with Crippen LogP contribution < -0.4 is 5.32 Å². The van der Waals surface area contributed by atoms with Crippen LogP contribution in [0.3, 0.4) is 0 Å². The molecule has 8 heteroatoms. The summed E-state index contributed by atoms with van der Waals surface area (Å²) >= 11 is 0. The molecule has 2 N–H and O–H groups in total. The summed E-state index contributed by atoms with van der Waals surface area (Å²) in [4.78, 5) is 37.4. The van der Waals surface area contributed by atoms with Crippen molar-refractivity contribution >= 4 is 17.9 Å². The van der Waals surface area contributed by atoms with Gasteiger partial charge in [0.1, 0.15) is 12.6 Å².